The van der Waals surface area contributed by atoms with E-state index in [1.54, 1.807) is 18.6 Å². The summed E-state index contributed by atoms with van der Waals surface area (Å²) in [6.07, 6.45) is 6.29. The third-order valence-corrected chi connectivity index (χ3v) is 2.97. The van der Waals surface area contributed by atoms with Gasteiger partial charge in [0, 0.05) is 11.6 Å². The first-order valence-corrected chi connectivity index (χ1v) is 6.41. The number of para-hydroxylation sites is 2. The van der Waals surface area contributed by atoms with Crippen molar-refractivity contribution < 1.29 is 4.73 Å². The minimum atomic E-state index is 0.655. The smallest absolute Gasteiger partial charge is 0.289 e. The van der Waals surface area contributed by atoms with E-state index in [1.165, 1.54) is 6.33 Å². The number of fused-ring (bicyclic) bond motifs is 2. The molecule has 0 aliphatic carbocycles. The van der Waals surface area contributed by atoms with E-state index in [-0.39, 0.29) is 0 Å². The van der Waals surface area contributed by atoms with Crippen LogP contribution in [0.4, 0.5) is 0 Å². The molecule has 0 bridgehead atoms. The highest BCUT2D eigenvalue weighted by Gasteiger charge is 1.97. The summed E-state index contributed by atoms with van der Waals surface area (Å²) in [6.45, 7) is 0. The lowest BCUT2D eigenvalue weighted by atomic mass is 10.2. The Morgan fingerprint density at radius 3 is 2.33 bits per heavy atom. The van der Waals surface area contributed by atoms with Crippen LogP contribution >= 0.6 is 0 Å². The van der Waals surface area contributed by atoms with Gasteiger partial charge in [0.25, 0.3) is 6.33 Å². The Bertz CT molecular complexity index is 809. The minimum Gasteiger partial charge on any atom is -0.710 e. The zero-order valence-electron chi connectivity index (χ0n) is 11.1. The first-order chi connectivity index (χ1) is 10.3. The van der Waals surface area contributed by atoms with E-state index in [2.05, 4.69) is 15.0 Å². The van der Waals surface area contributed by atoms with Gasteiger partial charge in [0.2, 0.25) is 0 Å². The molecule has 0 aliphatic rings. The normalized spacial score (nSPS) is 10.1. The van der Waals surface area contributed by atoms with Gasteiger partial charge in [-0.1, -0.05) is 35.3 Å². The number of hydrogen-bond acceptors (Lipinski definition) is 4. The SMILES string of the molecule is [O-][n+]1cncc2ccccc21.c1ccc2ncncc2c1. The summed E-state index contributed by atoms with van der Waals surface area (Å²) in [5.41, 5.74) is 1.65. The molecule has 2 aromatic carbocycles. The molecule has 102 valence electrons. The van der Waals surface area contributed by atoms with Crippen LogP contribution in [0.25, 0.3) is 21.8 Å². The molecule has 4 aromatic rings. The van der Waals surface area contributed by atoms with Gasteiger partial charge < -0.3 is 5.21 Å². The third kappa shape index (κ3) is 2.92. The van der Waals surface area contributed by atoms with E-state index < -0.39 is 0 Å². The maximum atomic E-state index is 11.0. The number of nitrogens with zero attached hydrogens (tertiary/aromatic N) is 4. The van der Waals surface area contributed by atoms with Crippen molar-refractivity contribution in [3.05, 3.63) is 78.8 Å². The van der Waals surface area contributed by atoms with Gasteiger partial charge >= 0.3 is 0 Å². The molecular weight excluding hydrogens is 264 g/mol. The molecule has 0 N–H and O–H groups in total. The molecular formula is C16H12N4O. The lowest BCUT2D eigenvalue weighted by molar-refractivity contribution is -0.580. The van der Waals surface area contributed by atoms with Crippen molar-refractivity contribution in [2.75, 3.05) is 0 Å². The predicted molar refractivity (Wildman–Crippen MR) is 80.2 cm³/mol. The van der Waals surface area contributed by atoms with Crippen molar-refractivity contribution in [1.29, 1.82) is 0 Å². The van der Waals surface area contributed by atoms with Crippen LogP contribution in [0.5, 0.6) is 0 Å². The zero-order chi connectivity index (χ0) is 14.5. The Morgan fingerprint density at radius 2 is 1.52 bits per heavy atom. The molecule has 0 saturated heterocycles. The molecule has 2 heterocycles. The monoisotopic (exact) mass is 276 g/mol. The molecule has 2 aromatic heterocycles. The van der Waals surface area contributed by atoms with Crippen molar-refractivity contribution in [1.82, 2.24) is 15.0 Å². The van der Waals surface area contributed by atoms with Crippen LogP contribution in [-0.4, -0.2) is 15.0 Å². The van der Waals surface area contributed by atoms with E-state index >= 15 is 0 Å². The molecule has 0 amide bonds. The Kier molecular flexibility index (Phi) is 3.64. The highest BCUT2D eigenvalue weighted by atomic mass is 16.5. The maximum Gasteiger partial charge on any atom is 0.289 e. The molecule has 0 unspecified atom stereocenters. The van der Waals surface area contributed by atoms with Gasteiger partial charge in [-0.15, -0.1) is 0 Å². The lowest BCUT2D eigenvalue weighted by Crippen LogP contribution is -2.26. The standard InChI is InChI=1S/C8H6N2O.C8H6N2/c11-10-6-9-5-7-3-1-2-4-8(7)10;1-2-4-8-7(3-1)5-9-6-10-8/h1-6H;1-6H. The van der Waals surface area contributed by atoms with Crippen LogP contribution < -0.4 is 4.73 Å². The summed E-state index contributed by atoms with van der Waals surface area (Å²) < 4.78 is 0.759. The fourth-order valence-corrected chi connectivity index (χ4v) is 1.96. The van der Waals surface area contributed by atoms with E-state index in [0.717, 1.165) is 21.0 Å². The van der Waals surface area contributed by atoms with Gasteiger partial charge in [-0.25, -0.2) is 14.7 Å². The van der Waals surface area contributed by atoms with Crippen molar-refractivity contribution in [3.8, 4) is 0 Å². The van der Waals surface area contributed by atoms with Crippen molar-refractivity contribution in [2.24, 2.45) is 0 Å². The number of hydrogen-bond donors (Lipinski definition) is 0. The molecule has 0 atom stereocenters. The van der Waals surface area contributed by atoms with Gasteiger partial charge in [0.1, 0.15) is 11.8 Å². The number of benzene rings is 2. The van der Waals surface area contributed by atoms with Gasteiger partial charge in [-0.3, -0.25) is 0 Å². The Labute approximate surface area is 121 Å². The van der Waals surface area contributed by atoms with E-state index in [4.69, 9.17) is 0 Å². The summed E-state index contributed by atoms with van der Waals surface area (Å²) in [4.78, 5) is 11.7. The predicted octanol–water partition coefficient (Wildman–Crippen LogP) is 2.50. The number of rotatable bonds is 0. The van der Waals surface area contributed by atoms with E-state index in [1.807, 2.05) is 48.7 Å². The summed E-state index contributed by atoms with van der Waals surface area (Å²) in [5.74, 6) is 0. The average molecular weight is 276 g/mol. The second-order valence-electron chi connectivity index (χ2n) is 4.36. The summed E-state index contributed by atoms with van der Waals surface area (Å²) in [7, 11) is 0. The van der Waals surface area contributed by atoms with Crippen molar-refractivity contribution in [2.45, 2.75) is 0 Å². The fourth-order valence-electron chi connectivity index (χ4n) is 1.96. The molecule has 5 heteroatoms. The summed E-state index contributed by atoms with van der Waals surface area (Å²) in [6, 6.07) is 15.2. The molecule has 21 heavy (non-hydrogen) atoms. The molecule has 5 nitrogen and oxygen atoms in total. The largest absolute Gasteiger partial charge is 0.710 e. The average Bonchev–Trinajstić information content (AvgIpc) is 2.56. The molecule has 0 aliphatic heterocycles. The van der Waals surface area contributed by atoms with Crippen LogP contribution in [0.2, 0.25) is 0 Å². The molecule has 4 rings (SSSR count). The van der Waals surface area contributed by atoms with Crippen molar-refractivity contribution in [3.63, 3.8) is 0 Å². The van der Waals surface area contributed by atoms with Gasteiger partial charge in [0.15, 0.2) is 6.20 Å². The van der Waals surface area contributed by atoms with Gasteiger partial charge in [-0.2, -0.15) is 0 Å². The molecule has 0 fully saturated rings. The maximum absolute atomic E-state index is 11.0. The second kappa shape index (κ2) is 5.92. The highest BCUT2D eigenvalue weighted by Crippen LogP contribution is 2.06. The molecule has 0 radical (unpaired) electrons. The minimum absolute atomic E-state index is 0.655. The summed E-state index contributed by atoms with van der Waals surface area (Å²) in [5, 5.41) is 13.0. The fraction of sp³-hybridized carbons (Fsp3) is 0. The van der Waals surface area contributed by atoms with E-state index in [0.29, 0.717) is 5.52 Å². The third-order valence-electron chi connectivity index (χ3n) is 2.97. The first kappa shape index (κ1) is 12.9. The quantitative estimate of drug-likeness (QED) is 0.365. The topological polar surface area (TPSA) is 65.6 Å². The lowest BCUT2D eigenvalue weighted by Gasteiger charge is -2.01. The highest BCUT2D eigenvalue weighted by molar-refractivity contribution is 5.76. The number of aromatic nitrogens is 4. The van der Waals surface area contributed by atoms with Crippen molar-refractivity contribution >= 4 is 21.8 Å². The van der Waals surface area contributed by atoms with Crippen LogP contribution in [0.3, 0.4) is 0 Å². The Hall–Kier alpha value is -3.08. The van der Waals surface area contributed by atoms with Crippen LogP contribution in [0.15, 0.2) is 73.6 Å². The first-order valence-electron chi connectivity index (χ1n) is 6.41. The van der Waals surface area contributed by atoms with Crippen LogP contribution in [0.1, 0.15) is 0 Å². The van der Waals surface area contributed by atoms with E-state index in [9.17, 15) is 5.21 Å². The molecule has 0 spiro atoms. The second-order valence-corrected chi connectivity index (χ2v) is 4.36. The Balaban J connectivity index is 0.000000126. The Morgan fingerprint density at radius 1 is 0.810 bits per heavy atom. The van der Waals surface area contributed by atoms with Gasteiger partial charge in [0.05, 0.1) is 10.9 Å². The zero-order valence-corrected chi connectivity index (χ0v) is 11.1. The molecule has 0 saturated carbocycles. The van der Waals surface area contributed by atoms with Crippen LogP contribution in [0, 0.1) is 5.21 Å². The van der Waals surface area contributed by atoms with Crippen LogP contribution in [-0.2, 0) is 0 Å². The summed E-state index contributed by atoms with van der Waals surface area (Å²) >= 11 is 0. The van der Waals surface area contributed by atoms with Gasteiger partial charge in [-0.05, 0) is 18.2 Å².